The van der Waals surface area contributed by atoms with Crippen LogP contribution in [0.3, 0.4) is 0 Å². The molecule has 5 rings (SSSR count). The van der Waals surface area contributed by atoms with Crippen LogP contribution in [-0.2, 0) is 6.54 Å². The SMILES string of the molecule is [2H]C1(c2ccccc2)C=C(c2ccccc2)C=C(c2ccccc2)N1Cc1ccccc1. The lowest BCUT2D eigenvalue weighted by molar-refractivity contribution is 0.335. The molecule has 0 saturated heterocycles. The molecular formula is C30H25N. The normalized spacial score (nSPS) is 18.7. The van der Waals surface area contributed by atoms with Gasteiger partial charge in [0.25, 0.3) is 0 Å². The second-order valence-corrected chi connectivity index (χ2v) is 7.68. The van der Waals surface area contributed by atoms with Gasteiger partial charge in [-0.05, 0) is 40.0 Å². The minimum atomic E-state index is -1.05. The smallest absolute Gasteiger partial charge is 0.0739 e. The molecule has 31 heavy (non-hydrogen) atoms. The zero-order valence-electron chi connectivity index (χ0n) is 18.4. The number of hydrogen-bond acceptors (Lipinski definition) is 1. The molecule has 4 aromatic carbocycles. The van der Waals surface area contributed by atoms with Gasteiger partial charge >= 0.3 is 0 Å². The fourth-order valence-corrected chi connectivity index (χ4v) is 4.05. The van der Waals surface area contributed by atoms with E-state index in [1.165, 1.54) is 5.56 Å². The lowest BCUT2D eigenvalue weighted by atomic mass is 9.91. The fourth-order valence-electron chi connectivity index (χ4n) is 4.05. The van der Waals surface area contributed by atoms with Gasteiger partial charge in [-0.3, -0.25) is 0 Å². The monoisotopic (exact) mass is 400 g/mol. The molecule has 1 unspecified atom stereocenters. The second kappa shape index (κ2) is 8.89. The maximum atomic E-state index is 9.84. The van der Waals surface area contributed by atoms with Gasteiger partial charge in [-0.1, -0.05) is 121 Å². The van der Waals surface area contributed by atoms with E-state index in [4.69, 9.17) is 0 Å². The van der Waals surface area contributed by atoms with E-state index < -0.39 is 6.02 Å². The molecule has 0 N–H and O–H groups in total. The van der Waals surface area contributed by atoms with E-state index >= 15 is 0 Å². The van der Waals surface area contributed by atoms with Gasteiger partial charge < -0.3 is 4.90 Å². The van der Waals surface area contributed by atoms with E-state index in [1.54, 1.807) is 0 Å². The number of benzene rings is 4. The van der Waals surface area contributed by atoms with Crippen LogP contribution in [0.1, 0.15) is 29.6 Å². The van der Waals surface area contributed by atoms with Crippen molar-refractivity contribution >= 4 is 11.3 Å². The summed E-state index contributed by atoms with van der Waals surface area (Å²) in [5.41, 5.74) is 6.47. The Morgan fingerprint density at radius 1 is 0.613 bits per heavy atom. The highest BCUT2D eigenvalue weighted by Gasteiger charge is 2.26. The summed E-state index contributed by atoms with van der Waals surface area (Å²) in [5, 5.41) is 0. The van der Waals surface area contributed by atoms with E-state index in [-0.39, 0.29) is 0 Å². The highest BCUT2D eigenvalue weighted by atomic mass is 15.2. The van der Waals surface area contributed by atoms with Crippen molar-refractivity contribution < 1.29 is 1.37 Å². The summed E-state index contributed by atoms with van der Waals surface area (Å²) in [4.78, 5) is 2.21. The van der Waals surface area contributed by atoms with Crippen LogP contribution in [0, 0.1) is 0 Å². The first-order valence-electron chi connectivity index (χ1n) is 11.2. The van der Waals surface area contributed by atoms with E-state index in [2.05, 4.69) is 102 Å². The molecule has 1 heteroatoms. The standard InChI is InChI=1S/C30H25N/c1-5-13-24(14-6-1)23-31-29(26-17-9-3-10-18-26)21-28(25-15-7-2-8-16-25)22-30(31)27-19-11-4-12-20-27/h1-22,29H,23H2/i29D. The molecule has 0 fully saturated rings. The summed E-state index contributed by atoms with van der Waals surface area (Å²) in [6.07, 6.45) is 4.32. The Bertz CT molecular complexity index is 1230. The lowest BCUT2D eigenvalue weighted by Gasteiger charge is -2.38. The van der Waals surface area contributed by atoms with Crippen molar-refractivity contribution in [2.45, 2.75) is 12.6 Å². The summed E-state index contributed by atoms with van der Waals surface area (Å²) in [6, 6.07) is 40.3. The average Bonchev–Trinajstić information content (AvgIpc) is 2.87. The molecule has 1 atom stereocenters. The summed E-state index contributed by atoms with van der Waals surface area (Å²) in [6.45, 7) is 0.637. The van der Waals surface area contributed by atoms with Crippen LogP contribution in [-0.4, -0.2) is 4.90 Å². The predicted molar refractivity (Wildman–Crippen MR) is 130 cm³/mol. The molecular weight excluding hydrogens is 374 g/mol. The molecule has 1 nitrogen and oxygen atoms in total. The zero-order chi connectivity index (χ0) is 21.8. The molecule has 0 aromatic heterocycles. The first kappa shape index (κ1) is 18.0. The molecule has 0 spiro atoms. The highest BCUT2D eigenvalue weighted by Crippen LogP contribution is 2.40. The minimum absolute atomic E-state index is 0.637. The topological polar surface area (TPSA) is 3.24 Å². The van der Waals surface area contributed by atoms with Gasteiger partial charge in [-0.25, -0.2) is 0 Å². The van der Waals surface area contributed by atoms with Gasteiger partial charge in [0, 0.05) is 12.2 Å². The third-order valence-corrected chi connectivity index (χ3v) is 5.60. The fraction of sp³-hybridized carbons (Fsp3) is 0.0667. The van der Waals surface area contributed by atoms with Crippen molar-refractivity contribution in [3.63, 3.8) is 0 Å². The molecule has 0 bridgehead atoms. The summed E-state index contributed by atoms with van der Waals surface area (Å²) < 4.78 is 9.84. The predicted octanol–water partition coefficient (Wildman–Crippen LogP) is 7.37. The number of hydrogen-bond donors (Lipinski definition) is 0. The Kier molecular flexibility index (Phi) is 5.15. The molecule has 0 saturated carbocycles. The van der Waals surface area contributed by atoms with Crippen LogP contribution in [0.5, 0.6) is 0 Å². The van der Waals surface area contributed by atoms with Crippen LogP contribution in [0.4, 0.5) is 0 Å². The van der Waals surface area contributed by atoms with Crippen molar-refractivity contribution in [2.24, 2.45) is 0 Å². The van der Waals surface area contributed by atoms with Gasteiger partial charge in [-0.2, -0.15) is 0 Å². The van der Waals surface area contributed by atoms with Gasteiger partial charge in [0.2, 0.25) is 0 Å². The van der Waals surface area contributed by atoms with Crippen LogP contribution >= 0.6 is 0 Å². The lowest BCUT2D eigenvalue weighted by Crippen LogP contribution is -2.28. The quantitative estimate of drug-likeness (QED) is 0.338. The average molecular weight is 401 g/mol. The van der Waals surface area contributed by atoms with E-state index in [1.807, 2.05) is 36.4 Å². The van der Waals surface area contributed by atoms with Crippen LogP contribution in [0.2, 0.25) is 0 Å². The van der Waals surface area contributed by atoms with Crippen LogP contribution < -0.4 is 0 Å². The van der Waals surface area contributed by atoms with E-state index in [9.17, 15) is 1.37 Å². The van der Waals surface area contributed by atoms with Gasteiger partial charge in [0.1, 0.15) is 0 Å². The second-order valence-electron chi connectivity index (χ2n) is 7.68. The largest absolute Gasteiger partial charge is 0.356 e. The molecule has 0 radical (unpaired) electrons. The van der Waals surface area contributed by atoms with Crippen molar-refractivity contribution in [2.75, 3.05) is 0 Å². The molecule has 0 amide bonds. The maximum absolute atomic E-state index is 9.84. The Labute approximate surface area is 186 Å². The van der Waals surface area contributed by atoms with Crippen molar-refractivity contribution in [1.82, 2.24) is 4.90 Å². The Hall–Kier alpha value is -3.84. The van der Waals surface area contributed by atoms with Crippen molar-refractivity contribution in [3.05, 3.63) is 156 Å². The first-order chi connectivity index (χ1) is 15.7. The highest BCUT2D eigenvalue weighted by molar-refractivity contribution is 5.86. The number of nitrogens with zero attached hydrogens (tertiary/aromatic N) is 1. The van der Waals surface area contributed by atoms with Crippen molar-refractivity contribution in [3.8, 4) is 0 Å². The molecule has 1 aliphatic rings. The molecule has 1 aliphatic heterocycles. The van der Waals surface area contributed by atoms with E-state index in [0.29, 0.717) is 6.54 Å². The Morgan fingerprint density at radius 2 is 1.13 bits per heavy atom. The van der Waals surface area contributed by atoms with E-state index in [0.717, 1.165) is 28.0 Å². The summed E-state index contributed by atoms with van der Waals surface area (Å²) >= 11 is 0. The van der Waals surface area contributed by atoms with Crippen LogP contribution in [0.25, 0.3) is 11.3 Å². The Morgan fingerprint density at radius 3 is 1.74 bits per heavy atom. The van der Waals surface area contributed by atoms with Crippen LogP contribution in [0.15, 0.2) is 133 Å². The third kappa shape index (κ3) is 4.22. The minimum Gasteiger partial charge on any atom is -0.356 e. The molecule has 4 aromatic rings. The molecule has 1 heterocycles. The summed E-state index contributed by atoms with van der Waals surface area (Å²) in [7, 11) is 0. The number of allylic oxidation sites excluding steroid dienone is 2. The Balaban J connectivity index is 1.72. The van der Waals surface area contributed by atoms with Gasteiger partial charge in [-0.15, -0.1) is 0 Å². The van der Waals surface area contributed by atoms with Gasteiger partial charge in [0.05, 0.1) is 7.39 Å². The molecule has 0 aliphatic carbocycles. The number of rotatable bonds is 5. The third-order valence-electron chi connectivity index (χ3n) is 5.60. The van der Waals surface area contributed by atoms with Gasteiger partial charge in [0.15, 0.2) is 0 Å². The first-order valence-corrected chi connectivity index (χ1v) is 10.7. The summed E-state index contributed by atoms with van der Waals surface area (Å²) in [5.74, 6) is 0. The van der Waals surface area contributed by atoms with Crippen molar-refractivity contribution in [1.29, 1.82) is 0 Å². The maximum Gasteiger partial charge on any atom is 0.0739 e. The molecule has 150 valence electrons. The zero-order valence-corrected chi connectivity index (χ0v) is 17.4.